The van der Waals surface area contributed by atoms with Crippen LogP contribution in [0.1, 0.15) is 63.3 Å². The second-order valence-electron chi connectivity index (χ2n) is 7.40. The lowest BCUT2D eigenvalue weighted by atomic mass is 9.89. The highest BCUT2D eigenvalue weighted by Gasteiger charge is 2.28. The van der Waals surface area contributed by atoms with Gasteiger partial charge in [0.2, 0.25) is 5.91 Å². The summed E-state index contributed by atoms with van der Waals surface area (Å²) in [5.41, 5.74) is 2.46. The maximum Gasteiger partial charge on any atom is 0.341 e. The van der Waals surface area contributed by atoms with Gasteiger partial charge in [0.05, 0.1) is 17.6 Å². The number of methoxy groups -OCH3 is 1. The molecule has 2 amide bonds. The summed E-state index contributed by atoms with van der Waals surface area (Å²) in [5, 5.41) is 6.12. The van der Waals surface area contributed by atoms with Crippen molar-refractivity contribution in [1.29, 1.82) is 0 Å². The summed E-state index contributed by atoms with van der Waals surface area (Å²) in [5.74, 6) is -1.03. The minimum absolute atomic E-state index is 0.0544. The van der Waals surface area contributed by atoms with Gasteiger partial charge >= 0.3 is 5.97 Å². The van der Waals surface area contributed by atoms with Crippen molar-refractivity contribution in [3.05, 3.63) is 45.8 Å². The topological polar surface area (TPSA) is 84.5 Å². The van der Waals surface area contributed by atoms with E-state index >= 15 is 0 Å². The number of ether oxygens (including phenoxy) is 1. The highest BCUT2D eigenvalue weighted by atomic mass is 32.1. The molecule has 0 unspecified atom stereocenters. The molecule has 0 radical (unpaired) electrons. The van der Waals surface area contributed by atoms with Crippen LogP contribution >= 0.6 is 11.3 Å². The van der Waals surface area contributed by atoms with Crippen LogP contribution in [0.2, 0.25) is 0 Å². The molecule has 29 heavy (non-hydrogen) atoms. The van der Waals surface area contributed by atoms with E-state index in [9.17, 15) is 14.4 Å². The molecule has 1 saturated carbocycles. The molecular weight excluding hydrogens is 388 g/mol. The molecule has 1 heterocycles. The van der Waals surface area contributed by atoms with Crippen LogP contribution in [-0.4, -0.2) is 24.9 Å². The number of thiophene rings is 1. The Bertz CT molecular complexity index is 929. The lowest BCUT2D eigenvalue weighted by Crippen LogP contribution is -2.25. The fourth-order valence-electron chi connectivity index (χ4n) is 3.66. The average Bonchev–Trinajstić information content (AvgIpc) is 3.04. The average molecular weight is 415 g/mol. The van der Waals surface area contributed by atoms with E-state index in [-0.39, 0.29) is 23.3 Å². The number of nitrogens with one attached hydrogen (secondary N) is 2. The zero-order chi connectivity index (χ0) is 21.0. The molecule has 7 heteroatoms. The van der Waals surface area contributed by atoms with E-state index in [1.54, 1.807) is 13.0 Å². The summed E-state index contributed by atoms with van der Waals surface area (Å²) in [6, 6.07) is 7.48. The van der Waals surface area contributed by atoms with Crippen LogP contribution < -0.4 is 10.6 Å². The third kappa shape index (κ3) is 4.85. The van der Waals surface area contributed by atoms with E-state index in [2.05, 4.69) is 10.6 Å². The minimum atomic E-state index is -0.563. The van der Waals surface area contributed by atoms with Crippen LogP contribution in [-0.2, 0) is 9.53 Å². The standard InChI is InChI=1S/C22H26N2O4S/c1-13-8-7-11-16(12-13)23-20(26)18-14(2)17(22(27)28-3)21(29-18)24-19(25)15-9-5-4-6-10-15/h7-8,11-12,15H,4-6,9-10H2,1-3H3,(H,23,26)(H,24,25). The lowest BCUT2D eigenvalue weighted by Gasteiger charge is -2.20. The van der Waals surface area contributed by atoms with Crippen LogP contribution in [0.25, 0.3) is 0 Å². The maximum absolute atomic E-state index is 12.8. The van der Waals surface area contributed by atoms with Gasteiger partial charge in [-0.25, -0.2) is 4.79 Å². The Kier molecular flexibility index (Phi) is 6.69. The van der Waals surface area contributed by atoms with Crippen molar-refractivity contribution >= 4 is 39.8 Å². The van der Waals surface area contributed by atoms with E-state index in [1.165, 1.54) is 7.11 Å². The van der Waals surface area contributed by atoms with Crippen molar-refractivity contribution in [3.63, 3.8) is 0 Å². The summed E-state index contributed by atoms with van der Waals surface area (Å²) in [6.07, 6.45) is 4.93. The third-order valence-electron chi connectivity index (χ3n) is 5.23. The Hall–Kier alpha value is -2.67. The minimum Gasteiger partial charge on any atom is -0.465 e. The zero-order valence-electron chi connectivity index (χ0n) is 17.0. The summed E-state index contributed by atoms with van der Waals surface area (Å²) < 4.78 is 4.90. The highest BCUT2D eigenvalue weighted by Crippen LogP contribution is 2.35. The summed E-state index contributed by atoms with van der Waals surface area (Å²) in [6.45, 7) is 3.64. The SMILES string of the molecule is COC(=O)c1c(NC(=O)C2CCCCC2)sc(C(=O)Nc2cccc(C)c2)c1C. The van der Waals surface area contributed by atoms with E-state index in [0.29, 0.717) is 21.1 Å². The van der Waals surface area contributed by atoms with Gasteiger partial charge in [0.1, 0.15) is 5.00 Å². The van der Waals surface area contributed by atoms with E-state index in [0.717, 1.165) is 49.0 Å². The van der Waals surface area contributed by atoms with Gasteiger partial charge in [0.25, 0.3) is 5.91 Å². The molecule has 1 aromatic heterocycles. The first-order chi connectivity index (χ1) is 13.9. The zero-order valence-corrected chi connectivity index (χ0v) is 17.8. The number of amides is 2. The first-order valence-corrected chi connectivity index (χ1v) is 10.6. The normalized spacial score (nSPS) is 14.3. The fraction of sp³-hybridized carbons (Fsp3) is 0.409. The molecule has 6 nitrogen and oxygen atoms in total. The lowest BCUT2D eigenvalue weighted by molar-refractivity contribution is -0.120. The van der Waals surface area contributed by atoms with E-state index in [4.69, 9.17) is 4.74 Å². The van der Waals surface area contributed by atoms with Crippen molar-refractivity contribution in [2.45, 2.75) is 46.0 Å². The van der Waals surface area contributed by atoms with E-state index < -0.39 is 5.97 Å². The van der Waals surface area contributed by atoms with E-state index in [1.807, 2.05) is 25.1 Å². The Labute approximate surface area is 174 Å². The largest absolute Gasteiger partial charge is 0.465 e. The molecule has 154 valence electrons. The van der Waals surface area contributed by atoms with Crippen molar-refractivity contribution in [2.24, 2.45) is 5.92 Å². The van der Waals surface area contributed by atoms with Crippen molar-refractivity contribution in [2.75, 3.05) is 17.7 Å². The Morgan fingerprint density at radius 3 is 2.45 bits per heavy atom. The number of aryl methyl sites for hydroxylation is 1. The quantitative estimate of drug-likeness (QED) is 0.680. The number of esters is 1. The number of benzene rings is 1. The number of anilines is 2. The summed E-state index contributed by atoms with van der Waals surface area (Å²) in [7, 11) is 1.29. The number of rotatable bonds is 5. The molecule has 0 spiro atoms. The second kappa shape index (κ2) is 9.22. The van der Waals surface area contributed by atoms with Gasteiger partial charge in [0, 0.05) is 11.6 Å². The molecule has 1 aromatic carbocycles. The van der Waals surface area contributed by atoms with Crippen molar-refractivity contribution < 1.29 is 19.1 Å². The number of carbonyl (C=O) groups excluding carboxylic acids is 3. The molecule has 2 aromatic rings. The molecule has 0 saturated heterocycles. The molecular formula is C22H26N2O4S. The number of carbonyl (C=O) groups is 3. The number of hydrogen-bond donors (Lipinski definition) is 2. The smallest absolute Gasteiger partial charge is 0.341 e. The van der Waals surface area contributed by atoms with Gasteiger partial charge in [-0.05, 0) is 49.9 Å². The van der Waals surface area contributed by atoms with Gasteiger partial charge < -0.3 is 15.4 Å². The first-order valence-electron chi connectivity index (χ1n) is 9.81. The van der Waals surface area contributed by atoms with Crippen LogP contribution in [0.15, 0.2) is 24.3 Å². The van der Waals surface area contributed by atoms with Crippen LogP contribution in [0.4, 0.5) is 10.7 Å². The molecule has 3 rings (SSSR count). The van der Waals surface area contributed by atoms with Crippen molar-refractivity contribution in [1.82, 2.24) is 0 Å². The van der Waals surface area contributed by atoms with Gasteiger partial charge in [-0.2, -0.15) is 0 Å². The van der Waals surface area contributed by atoms with Gasteiger partial charge in [-0.3, -0.25) is 9.59 Å². The summed E-state index contributed by atoms with van der Waals surface area (Å²) in [4.78, 5) is 38.3. The number of hydrogen-bond acceptors (Lipinski definition) is 5. The second-order valence-corrected chi connectivity index (χ2v) is 8.42. The van der Waals surface area contributed by atoms with Gasteiger partial charge in [-0.15, -0.1) is 11.3 Å². The molecule has 0 bridgehead atoms. The molecule has 0 aliphatic heterocycles. The molecule has 1 aliphatic rings. The van der Waals surface area contributed by atoms with Gasteiger partial charge in [0.15, 0.2) is 0 Å². The third-order valence-corrected chi connectivity index (χ3v) is 6.44. The van der Waals surface area contributed by atoms with Crippen LogP contribution in [0.5, 0.6) is 0 Å². The molecule has 0 atom stereocenters. The van der Waals surface area contributed by atoms with Crippen molar-refractivity contribution in [3.8, 4) is 0 Å². The molecule has 2 N–H and O–H groups in total. The van der Waals surface area contributed by atoms with Crippen LogP contribution in [0.3, 0.4) is 0 Å². The molecule has 1 fully saturated rings. The Balaban J connectivity index is 1.87. The Morgan fingerprint density at radius 1 is 1.07 bits per heavy atom. The van der Waals surface area contributed by atoms with Gasteiger partial charge in [-0.1, -0.05) is 31.4 Å². The first kappa shape index (κ1) is 21.0. The highest BCUT2D eigenvalue weighted by molar-refractivity contribution is 7.18. The maximum atomic E-state index is 12.8. The predicted molar refractivity (Wildman–Crippen MR) is 115 cm³/mol. The van der Waals surface area contributed by atoms with Crippen LogP contribution in [0, 0.1) is 19.8 Å². The summed E-state index contributed by atoms with van der Waals surface area (Å²) >= 11 is 1.11. The monoisotopic (exact) mass is 414 g/mol. The fourth-order valence-corrected chi connectivity index (χ4v) is 4.75. The molecule has 1 aliphatic carbocycles. The Morgan fingerprint density at radius 2 is 1.79 bits per heavy atom. The predicted octanol–water partition coefficient (Wildman–Crippen LogP) is 4.92.